The number of carbonyl (C=O) groups excluding carboxylic acids is 2. The largest absolute Gasteiger partial charge is 0.353 e. The van der Waals surface area contributed by atoms with Gasteiger partial charge in [0.1, 0.15) is 17.3 Å². The van der Waals surface area contributed by atoms with Gasteiger partial charge in [-0.15, -0.1) is 0 Å². The van der Waals surface area contributed by atoms with Gasteiger partial charge in [0.15, 0.2) is 0 Å². The second kappa shape index (κ2) is 6.20. The molecule has 2 unspecified atom stereocenters. The molecular formula is C15H18F2N2O2. The molecule has 1 fully saturated rings. The Morgan fingerprint density at radius 1 is 1.43 bits per heavy atom. The summed E-state index contributed by atoms with van der Waals surface area (Å²) in [5, 5.41) is 2.79. The molecule has 2 rings (SSSR count). The number of halogens is 2. The molecule has 1 aromatic carbocycles. The van der Waals surface area contributed by atoms with Crippen LogP contribution in [0.1, 0.15) is 26.7 Å². The first-order chi connectivity index (χ1) is 9.93. The first kappa shape index (κ1) is 15.4. The number of nitrogens with one attached hydrogen (secondary N) is 1. The van der Waals surface area contributed by atoms with E-state index >= 15 is 0 Å². The summed E-state index contributed by atoms with van der Waals surface area (Å²) in [7, 11) is 0. The molecule has 0 aromatic heterocycles. The molecule has 114 valence electrons. The third-order valence-electron chi connectivity index (χ3n) is 3.70. The van der Waals surface area contributed by atoms with Gasteiger partial charge in [-0.05, 0) is 25.5 Å². The maximum Gasteiger partial charge on any atom is 0.228 e. The third-order valence-corrected chi connectivity index (χ3v) is 3.70. The monoisotopic (exact) mass is 296 g/mol. The summed E-state index contributed by atoms with van der Waals surface area (Å²) in [5.41, 5.74) is -0.374. The molecule has 21 heavy (non-hydrogen) atoms. The number of carbonyl (C=O) groups is 2. The Kier molecular flexibility index (Phi) is 4.55. The van der Waals surface area contributed by atoms with Crippen LogP contribution in [0.2, 0.25) is 0 Å². The van der Waals surface area contributed by atoms with Crippen molar-refractivity contribution in [3.63, 3.8) is 0 Å². The van der Waals surface area contributed by atoms with E-state index in [-0.39, 0.29) is 30.6 Å². The molecule has 0 spiro atoms. The highest BCUT2D eigenvalue weighted by atomic mass is 19.1. The Labute approximate surface area is 122 Å². The van der Waals surface area contributed by atoms with E-state index in [1.165, 1.54) is 6.07 Å². The van der Waals surface area contributed by atoms with E-state index in [9.17, 15) is 18.4 Å². The normalized spacial score (nSPS) is 19.7. The lowest BCUT2D eigenvalue weighted by Crippen LogP contribution is -2.38. The standard InChI is InChI=1S/C15H18F2N2O2/c1-3-9(2)18-15(21)10-7-13(20)19(8-10)14-11(16)5-4-6-12(14)17/h4-6,9-10H,3,7-8H2,1-2H3,(H,18,21). The summed E-state index contributed by atoms with van der Waals surface area (Å²) >= 11 is 0. The summed E-state index contributed by atoms with van der Waals surface area (Å²) in [6.07, 6.45) is 0.744. The van der Waals surface area contributed by atoms with Crippen molar-refractivity contribution in [2.24, 2.45) is 5.92 Å². The van der Waals surface area contributed by atoms with Gasteiger partial charge in [-0.2, -0.15) is 0 Å². The summed E-state index contributed by atoms with van der Waals surface area (Å²) in [6, 6.07) is 3.44. The molecule has 1 aromatic rings. The molecule has 0 bridgehead atoms. The molecule has 1 aliphatic rings. The molecular weight excluding hydrogens is 278 g/mol. The summed E-state index contributed by atoms with van der Waals surface area (Å²) < 4.78 is 27.5. The lowest BCUT2D eigenvalue weighted by Gasteiger charge is -2.19. The van der Waals surface area contributed by atoms with Crippen molar-refractivity contribution < 1.29 is 18.4 Å². The van der Waals surface area contributed by atoms with Crippen molar-refractivity contribution in [2.45, 2.75) is 32.7 Å². The van der Waals surface area contributed by atoms with Crippen LogP contribution in [-0.2, 0) is 9.59 Å². The summed E-state index contributed by atoms with van der Waals surface area (Å²) in [6.45, 7) is 3.80. The Bertz CT molecular complexity index is 542. The number of amides is 2. The topological polar surface area (TPSA) is 49.4 Å². The minimum Gasteiger partial charge on any atom is -0.353 e. The summed E-state index contributed by atoms with van der Waals surface area (Å²) in [4.78, 5) is 25.0. The molecule has 1 heterocycles. The van der Waals surface area contributed by atoms with Crippen LogP contribution in [0.3, 0.4) is 0 Å². The second-order valence-electron chi connectivity index (χ2n) is 5.29. The Hall–Kier alpha value is -1.98. The van der Waals surface area contributed by atoms with Crippen molar-refractivity contribution in [3.05, 3.63) is 29.8 Å². The second-order valence-corrected chi connectivity index (χ2v) is 5.29. The average Bonchev–Trinajstić information content (AvgIpc) is 2.81. The van der Waals surface area contributed by atoms with Crippen molar-refractivity contribution in [1.29, 1.82) is 0 Å². The Morgan fingerprint density at radius 3 is 2.62 bits per heavy atom. The van der Waals surface area contributed by atoms with E-state index in [1.807, 2.05) is 13.8 Å². The van der Waals surface area contributed by atoms with E-state index in [0.29, 0.717) is 0 Å². The van der Waals surface area contributed by atoms with Crippen LogP contribution in [0.5, 0.6) is 0 Å². The van der Waals surface area contributed by atoms with E-state index in [2.05, 4.69) is 5.32 Å². The van der Waals surface area contributed by atoms with Crippen LogP contribution in [0.25, 0.3) is 0 Å². The number of para-hydroxylation sites is 1. The zero-order valence-electron chi connectivity index (χ0n) is 12.0. The van der Waals surface area contributed by atoms with E-state index in [0.717, 1.165) is 23.5 Å². The molecule has 0 saturated carbocycles. The summed E-state index contributed by atoms with van der Waals surface area (Å²) in [5.74, 6) is -2.87. The van der Waals surface area contributed by atoms with Gasteiger partial charge in [0.25, 0.3) is 0 Å². The Morgan fingerprint density at radius 2 is 2.05 bits per heavy atom. The van der Waals surface area contributed by atoms with Crippen molar-refractivity contribution in [2.75, 3.05) is 11.4 Å². The van der Waals surface area contributed by atoms with E-state index in [4.69, 9.17) is 0 Å². The predicted octanol–water partition coefficient (Wildman–Crippen LogP) is 2.23. The van der Waals surface area contributed by atoms with Gasteiger partial charge in [-0.25, -0.2) is 8.78 Å². The quantitative estimate of drug-likeness (QED) is 0.926. The first-order valence-corrected chi connectivity index (χ1v) is 6.98. The number of hydrogen-bond donors (Lipinski definition) is 1. The molecule has 1 saturated heterocycles. The van der Waals surface area contributed by atoms with Crippen LogP contribution in [0.15, 0.2) is 18.2 Å². The molecule has 1 N–H and O–H groups in total. The average molecular weight is 296 g/mol. The maximum atomic E-state index is 13.7. The van der Waals surface area contributed by atoms with Gasteiger partial charge >= 0.3 is 0 Å². The molecule has 0 radical (unpaired) electrons. The van der Waals surface area contributed by atoms with Gasteiger partial charge < -0.3 is 10.2 Å². The lowest BCUT2D eigenvalue weighted by molar-refractivity contribution is -0.126. The van der Waals surface area contributed by atoms with Gasteiger partial charge in [0.05, 0.1) is 5.92 Å². The minimum absolute atomic E-state index is 0.00104. The van der Waals surface area contributed by atoms with Crippen molar-refractivity contribution in [3.8, 4) is 0 Å². The first-order valence-electron chi connectivity index (χ1n) is 6.98. The number of hydrogen-bond acceptors (Lipinski definition) is 2. The number of anilines is 1. The third kappa shape index (κ3) is 3.20. The van der Waals surface area contributed by atoms with Crippen LogP contribution in [-0.4, -0.2) is 24.4 Å². The van der Waals surface area contributed by atoms with Gasteiger partial charge in [-0.1, -0.05) is 13.0 Å². The zero-order chi connectivity index (χ0) is 15.6. The molecule has 4 nitrogen and oxygen atoms in total. The zero-order valence-corrected chi connectivity index (χ0v) is 12.0. The fraction of sp³-hybridized carbons (Fsp3) is 0.467. The minimum atomic E-state index is -0.800. The number of nitrogens with zero attached hydrogens (tertiary/aromatic N) is 1. The predicted molar refractivity (Wildman–Crippen MR) is 74.7 cm³/mol. The lowest BCUT2D eigenvalue weighted by atomic mass is 10.1. The SMILES string of the molecule is CCC(C)NC(=O)C1CC(=O)N(c2c(F)cccc2F)C1. The van der Waals surface area contributed by atoms with Crippen LogP contribution >= 0.6 is 0 Å². The highest BCUT2D eigenvalue weighted by Crippen LogP contribution is 2.29. The number of rotatable bonds is 4. The van der Waals surface area contributed by atoms with Crippen LogP contribution in [0, 0.1) is 17.6 Å². The molecule has 0 aliphatic carbocycles. The van der Waals surface area contributed by atoms with E-state index < -0.39 is 23.5 Å². The van der Waals surface area contributed by atoms with Crippen LogP contribution in [0.4, 0.5) is 14.5 Å². The highest BCUT2D eigenvalue weighted by Gasteiger charge is 2.37. The van der Waals surface area contributed by atoms with Crippen molar-refractivity contribution >= 4 is 17.5 Å². The fourth-order valence-corrected chi connectivity index (χ4v) is 2.31. The van der Waals surface area contributed by atoms with Gasteiger partial charge in [-0.3, -0.25) is 9.59 Å². The maximum absolute atomic E-state index is 13.7. The van der Waals surface area contributed by atoms with E-state index in [1.54, 1.807) is 0 Å². The fourth-order valence-electron chi connectivity index (χ4n) is 2.31. The highest BCUT2D eigenvalue weighted by molar-refractivity contribution is 6.00. The molecule has 2 amide bonds. The number of benzene rings is 1. The van der Waals surface area contributed by atoms with Crippen molar-refractivity contribution in [1.82, 2.24) is 5.32 Å². The molecule has 1 aliphatic heterocycles. The molecule has 6 heteroatoms. The Balaban J connectivity index is 2.15. The smallest absolute Gasteiger partial charge is 0.228 e. The molecule has 2 atom stereocenters. The van der Waals surface area contributed by atoms with Crippen LogP contribution < -0.4 is 10.2 Å². The van der Waals surface area contributed by atoms with Gasteiger partial charge in [0, 0.05) is 19.0 Å². The van der Waals surface area contributed by atoms with Gasteiger partial charge in [0.2, 0.25) is 11.8 Å².